The van der Waals surface area contributed by atoms with Crippen LogP contribution in [0.2, 0.25) is 0 Å². The van der Waals surface area contributed by atoms with E-state index >= 15 is 0 Å². The van der Waals surface area contributed by atoms with Crippen molar-refractivity contribution in [3.8, 4) is 0 Å². The first kappa shape index (κ1) is 11.7. The summed E-state index contributed by atoms with van der Waals surface area (Å²) in [4.78, 5) is 11.3. The maximum Gasteiger partial charge on any atom is 0.287 e. The van der Waals surface area contributed by atoms with Gasteiger partial charge in [-0.3, -0.25) is 4.79 Å². The molecule has 0 unspecified atom stereocenters. The lowest BCUT2D eigenvalue weighted by Gasteiger charge is -2.03. The molecule has 0 aromatic carbocycles. The molecule has 1 rings (SSSR count). The van der Waals surface area contributed by atoms with Crippen molar-refractivity contribution in [2.75, 3.05) is 19.3 Å². The van der Waals surface area contributed by atoms with Crippen LogP contribution in [0.4, 0.5) is 0 Å². The van der Waals surface area contributed by atoms with Crippen LogP contribution in [0.25, 0.3) is 0 Å². The molecule has 0 saturated carbocycles. The van der Waals surface area contributed by atoms with Crippen molar-refractivity contribution in [3.63, 3.8) is 0 Å². The summed E-state index contributed by atoms with van der Waals surface area (Å²) in [5, 5.41) is 2.42. The van der Waals surface area contributed by atoms with Gasteiger partial charge in [-0.1, -0.05) is 0 Å². The van der Waals surface area contributed by atoms with E-state index in [-0.39, 0.29) is 18.1 Å². The third kappa shape index (κ3) is 3.72. The molecule has 0 radical (unpaired) electrons. The molecule has 0 aliphatic heterocycles. The van der Waals surface area contributed by atoms with Gasteiger partial charge in [-0.25, -0.2) is 13.1 Å². The normalized spacial score (nSPS) is 11.3. The van der Waals surface area contributed by atoms with Gasteiger partial charge < -0.3 is 9.73 Å². The second-order valence-corrected chi connectivity index (χ2v) is 4.80. The quantitative estimate of drug-likeness (QED) is 0.720. The van der Waals surface area contributed by atoms with Gasteiger partial charge in [-0.2, -0.15) is 0 Å². The Bertz CT molecular complexity index is 410. The Morgan fingerprint density at radius 1 is 1.53 bits per heavy atom. The fraction of sp³-hybridized carbons (Fsp3) is 0.375. The highest BCUT2D eigenvalue weighted by molar-refractivity contribution is 7.89. The molecule has 84 valence electrons. The fourth-order valence-electron chi connectivity index (χ4n) is 0.896. The zero-order valence-corrected chi connectivity index (χ0v) is 9.00. The summed E-state index contributed by atoms with van der Waals surface area (Å²) in [6, 6.07) is 3.08. The van der Waals surface area contributed by atoms with Crippen molar-refractivity contribution < 1.29 is 17.6 Å². The molecule has 0 fully saturated rings. The van der Waals surface area contributed by atoms with Gasteiger partial charge in [-0.15, -0.1) is 0 Å². The van der Waals surface area contributed by atoms with E-state index in [0.717, 1.165) is 0 Å². The molecule has 0 saturated heterocycles. The van der Waals surface area contributed by atoms with Gasteiger partial charge in [0.1, 0.15) is 0 Å². The van der Waals surface area contributed by atoms with Crippen LogP contribution in [0.5, 0.6) is 0 Å². The molecular weight excluding hydrogens is 220 g/mol. The summed E-state index contributed by atoms with van der Waals surface area (Å²) in [6.45, 7) is 0.0444. The average Bonchev–Trinajstić information content (AvgIpc) is 2.70. The van der Waals surface area contributed by atoms with E-state index in [1.165, 1.54) is 19.4 Å². The van der Waals surface area contributed by atoms with E-state index in [0.29, 0.717) is 0 Å². The molecule has 1 aromatic heterocycles. The average molecular weight is 232 g/mol. The lowest BCUT2D eigenvalue weighted by atomic mass is 10.4. The first-order valence-electron chi connectivity index (χ1n) is 4.28. The van der Waals surface area contributed by atoms with Crippen molar-refractivity contribution in [3.05, 3.63) is 24.2 Å². The summed E-state index contributed by atoms with van der Waals surface area (Å²) < 4.78 is 28.9. The summed E-state index contributed by atoms with van der Waals surface area (Å²) >= 11 is 0. The molecule has 0 spiro atoms. The Labute approximate surface area is 87.7 Å². The largest absolute Gasteiger partial charge is 0.459 e. The van der Waals surface area contributed by atoms with Gasteiger partial charge in [0, 0.05) is 6.54 Å². The first-order valence-corrected chi connectivity index (χ1v) is 5.93. The molecule has 2 N–H and O–H groups in total. The number of amides is 1. The predicted molar refractivity (Wildman–Crippen MR) is 53.9 cm³/mol. The summed E-state index contributed by atoms with van der Waals surface area (Å²) in [5.41, 5.74) is 0. The van der Waals surface area contributed by atoms with Crippen LogP contribution >= 0.6 is 0 Å². The maximum atomic E-state index is 11.3. The van der Waals surface area contributed by atoms with Gasteiger partial charge in [-0.05, 0) is 19.2 Å². The minimum atomic E-state index is -3.28. The third-order valence-corrected chi connectivity index (χ3v) is 3.08. The first-order chi connectivity index (χ1) is 7.05. The van der Waals surface area contributed by atoms with Crippen molar-refractivity contribution >= 4 is 15.9 Å². The lowest BCUT2D eigenvalue weighted by molar-refractivity contribution is 0.0928. The summed E-state index contributed by atoms with van der Waals surface area (Å²) in [6.07, 6.45) is 1.37. The zero-order chi connectivity index (χ0) is 11.3. The maximum absolute atomic E-state index is 11.3. The van der Waals surface area contributed by atoms with Crippen molar-refractivity contribution in [2.24, 2.45) is 0 Å². The standard InChI is InChI=1S/C8H12N2O4S/c1-9-15(12,13)6-4-10-8(11)7-3-2-5-14-7/h2-3,5,9H,4,6H2,1H3,(H,10,11). The Morgan fingerprint density at radius 2 is 2.27 bits per heavy atom. The van der Waals surface area contributed by atoms with Crippen LogP contribution in [0.3, 0.4) is 0 Å². The molecule has 1 heterocycles. The SMILES string of the molecule is CNS(=O)(=O)CCNC(=O)c1ccco1. The van der Waals surface area contributed by atoms with Gasteiger partial charge in [0.15, 0.2) is 5.76 Å². The zero-order valence-electron chi connectivity index (χ0n) is 8.19. The topological polar surface area (TPSA) is 88.4 Å². The number of sulfonamides is 1. The number of rotatable bonds is 5. The minimum Gasteiger partial charge on any atom is -0.459 e. The van der Waals surface area contributed by atoms with Crippen LogP contribution in [0.15, 0.2) is 22.8 Å². The fourth-order valence-corrected chi connectivity index (χ4v) is 1.47. The van der Waals surface area contributed by atoms with E-state index in [1.54, 1.807) is 6.07 Å². The molecule has 1 aromatic rings. The van der Waals surface area contributed by atoms with Crippen LogP contribution in [-0.2, 0) is 10.0 Å². The van der Waals surface area contributed by atoms with E-state index in [9.17, 15) is 13.2 Å². The van der Waals surface area contributed by atoms with Crippen molar-refractivity contribution in [1.29, 1.82) is 0 Å². The third-order valence-electron chi connectivity index (χ3n) is 1.71. The highest BCUT2D eigenvalue weighted by Crippen LogP contribution is 1.98. The Balaban J connectivity index is 2.36. The molecule has 15 heavy (non-hydrogen) atoms. The molecule has 6 nitrogen and oxygen atoms in total. The number of carbonyl (C=O) groups is 1. The van der Waals surface area contributed by atoms with Gasteiger partial charge >= 0.3 is 0 Å². The number of furan rings is 1. The van der Waals surface area contributed by atoms with Crippen molar-refractivity contribution in [2.45, 2.75) is 0 Å². The summed E-state index contributed by atoms with van der Waals surface area (Å²) in [5.74, 6) is -0.418. The van der Waals surface area contributed by atoms with Gasteiger partial charge in [0.2, 0.25) is 10.0 Å². The predicted octanol–water partition coefficient (Wildman–Crippen LogP) is -0.441. The molecular formula is C8H12N2O4S. The lowest BCUT2D eigenvalue weighted by Crippen LogP contribution is -2.32. The summed E-state index contributed by atoms with van der Waals surface area (Å²) in [7, 11) is -1.96. The van der Waals surface area contributed by atoms with E-state index in [2.05, 4.69) is 10.0 Å². The van der Waals surface area contributed by atoms with Gasteiger partial charge in [0.25, 0.3) is 5.91 Å². The van der Waals surface area contributed by atoms with Crippen LogP contribution in [0.1, 0.15) is 10.6 Å². The molecule has 7 heteroatoms. The number of hydrogen-bond acceptors (Lipinski definition) is 4. The molecule has 0 aliphatic carbocycles. The number of carbonyl (C=O) groups excluding carboxylic acids is 1. The van der Waals surface area contributed by atoms with Crippen LogP contribution in [0, 0.1) is 0 Å². The molecule has 0 aliphatic rings. The second-order valence-electron chi connectivity index (χ2n) is 2.76. The smallest absolute Gasteiger partial charge is 0.287 e. The van der Waals surface area contributed by atoms with Crippen molar-refractivity contribution in [1.82, 2.24) is 10.0 Å². The van der Waals surface area contributed by atoms with E-state index in [4.69, 9.17) is 4.42 Å². The minimum absolute atomic E-state index is 0.0444. The molecule has 1 amide bonds. The molecule has 0 bridgehead atoms. The number of nitrogens with one attached hydrogen (secondary N) is 2. The Kier molecular flexibility index (Phi) is 3.87. The number of hydrogen-bond donors (Lipinski definition) is 2. The second kappa shape index (κ2) is 4.94. The van der Waals surface area contributed by atoms with E-state index in [1.807, 2.05) is 0 Å². The Hall–Kier alpha value is -1.34. The van der Waals surface area contributed by atoms with Gasteiger partial charge in [0.05, 0.1) is 12.0 Å². The van der Waals surface area contributed by atoms with Crippen LogP contribution < -0.4 is 10.0 Å². The van der Waals surface area contributed by atoms with Crippen LogP contribution in [-0.4, -0.2) is 33.7 Å². The highest BCUT2D eigenvalue weighted by atomic mass is 32.2. The highest BCUT2D eigenvalue weighted by Gasteiger charge is 2.10. The van der Waals surface area contributed by atoms with E-state index < -0.39 is 15.9 Å². The molecule has 0 atom stereocenters. The Morgan fingerprint density at radius 3 is 2.80 bits per heavy atom. The monoisotopic (exact) mass is 232 g/mol.